The van der Waals surface area contributed by atoms with E-state index in [0.29, 0.717) is 0 Å². The van der Waals surface area contributed by atoms with Crippen molar-refractivity contribution in [1.29, 1.82) is 0 Å². The summed E-state index contributed by atoms with van der Waals surface area (Å²) in [6, 6.07) is 5.82. The zero-order chi connectivity index (χ0) is 13.5. The van der Waals surface area contributed by atoms with Crippen LogP contribution in [0.3, 0.4) is 0 Å². The number of halogens is 1. The normalized spacial score (nSPS) is 31.6. The highest BCUT2D eigenvalue weighted by Crippen LogP contribution is 2.43. The molecule has 2 heterocycles. The van der Waals surface area contributed by atoms with Crippen molar-refractivity contribution >= 4 is 11.6 Å². The molecule has 0 aliphatic carbocycles. The zero-order valence-corrected chi connectivity index (χ0v) is 12.1. The van der Waals surface area contributed by atoms with Crippen molar-refractivity contribution in [2.45, 2.75) is 37.3 Å². The van der Waals surface area contributed by atoms with Crippen molar-refractivity contribution in [3.8, 4) is 5.75 Å². The van der Waals surface area contributed by atoms with Crippen molar-refractivity contribution < 1.29 is 4.74 Å². The van der Waals surface area contributed by atoms with Gasteiger partial charge in [-0.15, -0.1) is 0 Å². The third kappa shape index (κ3) is 2.60. The Labute approximate surface area is 119 Å². The van der Waals surface area contributed by atoms with Gasteiger partial charge >= 0.3 is 0 Å². The van der Waals surface area contributed by atoms with E-state index in [9.17, 15) is 0 Å². The Hall–Kier alpha value is -0.770. The van der Waals surface area contributed by atoms with E-state index in [2.05, 4.69) is 11.9 Å². The van der Waals surface area contributed by atoms with Crippen LogP contribution in [0.5, 0.6) is 5.75 Å². The monoisotopic (exact) mass is 280 g/mol. The second-order valence-corrected chi connectivity index (χ2v) is 6.37. The molecule has 1 aromatic carbocycles. The van der Waals surface area contributed by atoms with Crippen LogP contribution in [0.25, 0.3) is 0 Å². The van der Waals surface area contributed by atoms with Gasteiger partial charge in [-0.25, -0.2) is 0 Å². The minimum Gasteiger partial charge on any atom is -0.487 e. The maximum atomic E-state index is 6.35. The highest BCUT2D eigenvalue weighted by atomic mass is 35.5. The van der Waals surface area contributed by atoms with Gasteiger partial charge in [0.05, 0.1) is 0 Å². The highest BCUT2D eigenvalue weighted by Gasteiger charge is 2.40. The van der Waals surface area contributed by atoms with Crippen molar-refractivity contribution in [2.24, 2.45) is 5.73 Å². The van der Waals surface area contributed by atoms with E-state index in [0.717, 1.165) is 48.7 Å². The fourth-order valence-electron chi connectivity index (χ4n) is 3.30. The Bertz CT molecular complexity index is 479. The van der Waals surface area contributed by atoms with Crippen molar-refractivity contribution in [3.05, 3.63) is 28.8 Å². The van der Waals surface area contributed by atoms with E-state index < -0.39 is 0 Å². The summed E-state index contributed by atoms with van der Waals surface area (Å²) < 4.78 is 6.35. The van der Waals surface area contributed by atoms with Crippen LogP contribution in [0.1, 0.15) is 37.3 Å². The Balaban J connectivity index is 1.89. The van der Waals surface area contributed by atoms with Crippen LogP contribution in [0.4, 0.5) is 0 Å². The predicted molar refractivity (Wildman–Crippen MR) is 77.7 cm³/mol. The van der Waals surface area contributed by atoms with E-state index in [1.54, 1.807) is 0 Å². The lowest BCUT2D eigenvalue weighted by atomic mass is 9.82. The van der Waals surface area contributed by atoms with Crippen LogP contribution in [0, 0.1) is 0 Å². The van der Waals surface area contributed by atoms with Crippen molar-refractivity contribution in [1.82, 2.24) is 4.90 Å². The van der Waals surface area contributed by atoms with E-state index in [1.807, 2.05) is 18.2 Å². The Morgan fingerprint density at radius 1 is 1.37 bits per heavy atom. The molecule has 1 saturated heterocycles. The maximum absolute atomic E-state index is 6.35. The third-order valence-corrected chi connectivity index (χ3v) is 4.65. The van der Waals surface area contributed by atoms with Crippen LogP contribution >= 0.6 is 11.6 Å². The summed E-state index contributed by atoms with van der Waals surface area (Å²) in [7, 11) is 2.18. The number of nitrogens with two attached hydrogens (primary N) is 1. The largest absolute Gasteiger partial charge is 0.487 e. The first-order valence-corrected chi connectivity index (χ1v) is 7.38. The quantitative estimate of drug-likeness (QED) is 0.794. The summed E-state index contributed by atoms with van der Waals surface area (Å²) >= 11 is 6.05. The molecule has 2 aliphatic heterocycles. The molecule has 1 spiro atoms. The maximum Gasteiger partial charge on any atom is 0.125 e. The summed E-state index contributed by atoms with van der Waals surface area (Å²) in [6.07, 6.45) is 4.21. The average molecular weight is 281 g/mol. The molecule has 0 bridgehead atoms. The number of hydrogen-bond donors (Lipinski definition) is 1. The van der Waals surface area contributed by atoms with E-state index in [1.165, 1.54) is 6.42 Å². The lowest BCUT2D eigenvalue weighted by Crippen LogP contribution is -2.43. The lowest BCUT2D eigenvalue weighted by molar-refractivity contribution is 0.0223. The minimum absolute atomic E-state index is 0.0332. The van der Waals surface area contributed by atoms with Gasteiger partial charge in [0.1, 0.15) is 11.4 Å². The van der Waals surface area contributed by atoms with Crippen LogP contribution in [0.15, 0.2) is 18.2 Å². The van der Waals surface area contributed by atoms with Gasteiger partial charge in [0, 0.05) is 29.6 Å². The zero-order valence-electron chi connectivity index (χ0n) is 11.4. The summed E-state index contributed by atoms with van der Waals surface area (Å²) in [6.45, 7) is 2.23. The Kier molecular flexibility index (Phi) is 3.46. The number of benzene rings is 1. The Morgan fingerprint density at radius 2 is 2.21 bits per heavy atom. The fourth-order valence-corrected chi connectivity index (χ4v) is 3.48. The molecule has 19 heavy (non-hydrogen) atoms. The molecular formula is C15H21ClN2O. The molecule has 0 saturated carbocycles. The van der Waals surface area contributed by atoms with Crippen molar-refractivity contribution in [3.63, 3.8) is 0 Å². The molecule has 2 N–H and O–H groups in total. The molecule has 1 aromatic rings. The molecule has 1 unspecified atom stereocenters. The molecule has 3 nitrogen and oxygen atoms in total. The van der Waals surface area contributed by atoms with Gasteiger partial charge in [-0.3, -0.25) is 0 Å². The fraction of sp³-hybridized carbons (Fsp3) is 0.600. The molecule has 2 aliphatic rings. The smallest absolute Gasteiger partial charge is 0.125 e. The summed E-state index contributed by atoms with van der Waals surface area (Å²) in [5.41, 5.74) is 7.33. The Morgan fingerprint density at radius 3 is 3.05 bits per heavy atom. The summed E-state index contributed by atoms with van der Waals surface area (Å²) in [5.74, 6) is 0.924. The van der Waals surface area contributed by atoms with Gasteiger partial charge in [-0.1, -0.05) is 11.6 Å². The average Bonchev–Trinajstić information content (AvgIpc) is 2.54. The molecular weight excluding hydrogens is 260 g/mol. The number of hydrogen-bond acceptors (Lipinski definition) is 3. The van der Waals surface area contributed by atoms with Gasteiger partial charge < -0.3 is 15.4 Å². The summed E-state index contributed by atoms with van der Waals surface area (Å²) in [4.78, 5) is 2.38. The van der Waals surface area contributed by atoms with Crippen LogP contribution in [-0.4, -0.2) is 30.6 Å². The van der Waals surface area contributed by atoms with E-state index >= 15 is 0 Å². The first-order valence-electron chi connectivity index (χ1n) is 7.01. The van der Waals surface area contributed by atoms with Gasteiger partial charge in [0.25, 0.3) is 0 Å². The van der Waals surface area contributed by atoms with Gasteiger partial charge in [-0.2, -0.15) is 0 Å². The van der Waals surface area contributed by atoms with E-state index in [-0.39, 0.29) is 11.6 Å². The number of fused-ring (bicyclic) bond motifs is 1. The molecule has 2 atom stereocenters. The number of rotatable bonds is 0. The van der Waals surface area contributed by atoms with Gasteiger partial charge in [0.2, 0.25) is 0 Å². The number of nitrogens with zero attached hydrogens (tertiary/aromatic N) is 1. The van der Waals surface area contributed by atoms with Crippen molar-refractivity contribution in [2.75, 3.05) is 20.1 Å². The molecule has 3 rings (SSSR count). The molecule has 1 fully saturated rings. The van der Waals surface area contributed by atoms with E-state index in [4.69, 9.17) is 22.1 Å². The predicted octanol–water partition coefficient (Wildman–Crippen LogP) is 2.98. The van der Waals surface area contributed by atoms with Crippen LogP contribution in [-0.2, 0) is 0 Å². The molecule has 4 heteroatoms. The van der Waals surface area contributed by atoms with Gasteiger partial charge in [0.15, 0.2) is 0 Å². The molecule has 0 amide bonds. The second kappa shape index (κ2) is 4.97. The number of likely N-dealkylation sites (tertiary alicyclic amines) is 1. The molecule has 0 radical (unpaired) electrons. The topological polar surface area (TPSA) is 38.5 Å². The lowest BCUT2D eigenvalue weighted by Gasteiger charge is -2.41. The van der Waals surface area contributed by atoms with Crippen LogP contribution < -0.4 is 10.5 Å². The minimum atomic E-state index is -0.0784. The van der Waals surface area contributed by atoms with Gasteiger partial charge in [-0.05, 0) is 51.1 Å². The first-order chi connectivity index (χ1) is 9.08. The molecule has 104 valence electrons. The summed E-state index contributed by atoms with van der Waals surface area (Å²) in [5, 5.41) is 0.731. The first kappa shape index (κ1) is 13.2. The highest BCUT2D eigenvalue weighted by molar-refractivity contribution is 6.30. The SMILES string of the molecule is CN1CCCC2(CC1)C[C@@H](N)c1cc(Cl)ccc1O2. The standard InChI is InChI=1S/C15H21ClN2O/c1-18-7-2-5-15(6-8-18)10-13(17)12-9-11(16)3-4-14(12)19-15/h3-4,9,13H,2,5-8,10,17H2,1H3/t13-,15?/m1/s1. The molecule has 0 aromatic heterocycles. The third-order valence-electron chi connectivity index (χ3n) is 4.41. The second-order valence-electron chi connectivity index (χ2n) is 5.93. The van der Waals surface area contributed by atoms with Crippen LogP contribution in [0.2, 0.25) is 5.02 Å². The number of ether oxygens (including phenoxy) is 1.